The molecule has 1 N–H and O–H groups in total. The standard InChI is InChI=1S/C25H22N2O3/c1-17-11-13-18(14-12-17)27(16-15-23(28)29)25(30)24-19-7-3-5-9-21(19)26(2)22-10-6-4-8-20(22)24/h3-14H,15-16H2,1-2H3/p+1. The van der Waals surface area contributed by atoms with Crippen LogP contribution in [0.15, 0.2) is 72.8 Å². The number of amides is 1. The summed E-state index contributed by atoms with van der Waals surface area (Å²) in [4.78, 5) is 26.8. The van der Waals surface area contributed by atoms with Gasteiger partial charge in [-0.2, -0.15) is 4.57 Å². The topological polar surface area (TPSA) is 61.5 Å². The molecular weight excluding hydrogens is 376 g/mol. The smallest absolute Gasteiger partial charge is 0.305 e. The monoisotopic (exact) mass is 399 g/mol. The van der Waals surface area contributed by atoms with Crippen LogP contribution < -0.4 is 9.47 Å². The molecule has 1 amide bonds. The number of hydrogen-bond acceptors (Lipinski definition) is 2. The van der Waals surface area contributed by atoms with Gasteiger partial charge in [0.1, 0.15) is 7.05 Å². The van der Waals surface area contributed by atoms with Crippen LogP contribution in [-0.4, -0.2) is 23.5 Å². The molecule has 30 heavy (non-hydrogen) atoms. The summed E-state index contributed by atoms with van der Waals surface area (Å²) in [6.07, 6.45) is -0.129. The maximum Gasteiger partial charge on any atom is 0.305 e. The first kappa shape index (κ1) is 19.6. The molecule has 0 saturated carbocycles. The third kappa shape index (κ3) is 3.50. The fraction of sp³-hybridized carbons (Fsp3) is 0.160. The van der Waals surface area contributed by atoms with Crippen molar-refractivity contribution in [3.63, 3.8) is 0 Å². The number of carboxylic acids is 1. The van der Waals surface area contributed by atoms with Crippen molar-refractivity contribution in [3.05, 3.63) is 83.9 Å². The summed E-state index contributed by atoms with van der Waals surface area (Å²) in [5.41, 5.74) is 4.24. The summed E-state index contributed by atoms with van der Waals surface area (Å²) in [5, 5.41) is 10.9. The lowest BCUT2D eigenvalue weighted by atomic mass is 10.00. The van der Waals surface area contributed by atoms with Crippen LogP contribution in [0.4, 0.5) is 5.69 Å². The highest BCUT2D eigenvalue weighted by Crippen LogP contribution is 2.28. The first-order chi connectivity index (χ1) is 14.5. The van der Waals surface area contributed by atoms with Gasteiger partial charge in [0.2, 0.25) is 11.0 Å². The van der Waals surface area contributed by atoms with E-state index in [4.69, 9.17) is 0 Å². The van der Waals surface area contributed by atoms with E-state index in [-0.39, 0.29) is 18.9 Å². The Labute approximate surface area is 174 Å². The van der Waals surface area contributed by atoms with E-state index in [0.717, 1.165) is 27.4 Å². The number of rotatable bonds is 5. The highest BCUT2D eigenvalue weighted by atomic mass is 16.4. The number of aryl methyl sites for hydroxylation is 2. The molecule has 0 radical (unpaired) electrons. The molecule has 0 aliphatic rings. The molecule has 0 aliphatic carbocycles. The Balaban J connectivity index is 1.95. The van der Waals surface area contributed by atoms with Crippen LogP contribution in [0, 0.1) is 6.92 Å². The minimum absolute atomic E-state index is 0.0981. The maximum atomic E-state index is 13.9. The van der Waals surface area contributed by atoms with E-state index in [1.807, 2.05) is 86.8 Å². The van der Waals surface area contributed by atoms with Crippen LogP contribution in [0.1, 0.15) is 22.3 Å². The van der Waals surface area contributed by atoms with Gasteiger partial charge < -0.3 is 10.0 Å². The van der Waals surface area contributed by atoms with E-state index in [9.17, 15) is 14.7 Å². The molecule has 0 fully saturated rings. The maximum absolute atomic E-state index is 13.9. The number of aliphatic carboxylic acids is 1. The molecular formula is C25H23N2O3+. The van der Waals surface area contributed by atoms with Crippen molar-refractivity contribution in [1.29, 1.82) is 0 Å². The van der Waals surface area contributed by atoms with Gasteiger partial charge in [-0.05, 0) is 31.2 Å². The van der Waals surface area contributed by atoms with Crippen molar-refractivity contribution >= 4 is 39.4 Å². The zero-order chi connectivity index (χ0) is 21.3. The average molecular weight is 399 g/mol. The summed E-state index contributed by atoms with van der Waals surface area (Å²) in [6, 6.07) is 23.2. The summed E-state index contributed by atoms with van der Waals surface area (Å²) < 4.78 is 2.08. The Morgan fingerprint density at radius 3 is 1.93 bits per heavy atom. The summed E-state index contributed by atoms with van der Waals surface area (Å²) in [6.45, 7) is 2.08. The molecule has 4 rings (SSSR count). The Morgan fingerprint density at radius 2 is 1.40 bits per heavy atom. The van der Waals surface area contributed by atoms with Crippen molar-refractivity contribution in [3.8, 4) is 0 Å². The SMILES string of the molecule is Cc1ccc(N(CCC(=O)O)C(=O)c2c3ccccc3[n+](C)c3ccccc23)cc1. The lowest BCUT2D eigenvalue weighted by molar-refractivity contribution is -0.617. The summed E-state index contributed by atoms with van der Waals surface area (Å²) >= 11 is 0. The van der Waals surface area contributed by atoms with Gasteiger partial charge >= 0.3 is 5.97 Å². The number of benzene rings is 3. The number of carbonyl (C=O) groups is 2. The van der Waals surface area contributed by atoms with E-state index in [2.05, 4.69) is 4.57 Å². The lowest BCUT2D eigenvalue weighted by Gasteiger charge is -2.23. The van der Waals surface area contributed by atoms with Gasteiger partial charge in [-0.3, -0.25) is 9.59 Å². The van der Waals surface area contributed by atoms with Crippen LogP contribution >= 0.6 is 0 Å². The molecule has 5 nitrogen and oxygen atoms in total. The number of hydrogen-bond donors (Lipinski definition) is 1. The Kier molecular flexibility index (Phi) is 5.19. The number of fused-ring (bicyclic) bond motifs is 2. The number of pyridine rings is 1. The van der Waals surface area contributed by atoms with Gasteiger partial charge in [0.15, 0.2) is 0 Å². The second-order valence-corrected chi connectivity index (χ2v) is 7.40. The minimum atomic E-state index is -0.936. The number of anilines is 1. The van der Waals surface area contributed by atoms with Crippen molar-refractivity contribution < 1.29 is 19.3 Å². The zero-order valence-electron chi connectivity index (χ0n) is 17.0. The lowest BCUT2D eigenvalue weighted by Crippen LogP contribution is -2.36. The highest BCUT2D eigenvalue weighted by Gasteiger charge is 2.26. The molecule has 0 unspecified atom stereocenters. The highest BCUT2D eigenvalue weighted by molar-refractivity contribution is 6.20. The second kappa shape index (κ2) is 7.95. The number of nitrogens with zero attached hydrogens (tertiary/aromatic N) is 2. The molecule has 0 bridgehead atoms. The predicted molar refractivity (Wildman–Crippen MR) is 118 cm³/mol. The fourth-order valence-corrected chi connectivity index (χ4v) is 3.88. The first-order valence-electron chi connectivity index (χ1n) is 9.87. The van der Waals surface area contributed by atoms with Crippen molar-refractivity contribution in [2.75, 3.05) is 11.4 Å². The molecule has 0 saturated heterocycles. The van der Waals surface area contributed by atoms with Crippen LogP contribution in [0.2, 0.25) is 0 Å². The molecule has 1 heterocycles. The third-order valence-electron chi connectivity index (χ3n) is 5.42. The van der Waals surface area contributed by atoms with Crippen molar-refractivity contribution in [2.24, 2.45) is 7.05 Å². The van der Waals surface area contributed by atoms with E-state index < -0.39 is 5.97 Å². The van der Waals surface area contributed by atoms with Crippen LogP contribution in [0.3, 0.4) is 0 Å². The number of carboxylic acid groups (broad SMARTS) is 1. The Morgan fingerprint density at radius 1 is 0.867 bits per heavy atom. The summed E-state index contributed by atoms with van der Waals surface area (Å²) in [7, 11) is 1.99. The van der Waals surface area contributed by atoms with E-state index >= 15 is 0 Å². The normalized spacial score (nSPS) is 11.0. The molecule has 0 atom stereocenters. The third-order valence-corrected chi connectivity index (χ3v) is 5.42. The number of carbonyl (C=O) groups excluding carboxylic acids is 1. The van der Waals surface area contributed by atoms with Crippen molar-refractivity contribution in [1.82, 2.24) is 0 Å². The van der Waals surface area contributed by atoms with Gasteiger partial charge in [-0.1, -0.05) is 42.0 Å². The van der Waals surface area contributed by atoms with Gasteiger partial charge in [0.25, 0.3) is 5.91 Å². The van der Waals surface area contributed by atoms with E-state index in [1.54, 1.807) is 4.90 Å². The molecule has 5 heteroatoms. The average Bonchev–Trinajstić information content (AvgIpc) is 2.75. The van der Waals surface area contributed by atoms with Gasteiger partial charge in [0, 0.05) is 24.4 Å². The predicted octanol–water partition coefficient (Wildman–Crippen LogP) is 4.25. The van der Waals surface area contributed by atoms with Crippen LogP contribution in [0.5, 0.6) is 0 Å². The molecule has 150 valence electrons. The second-order valence-electron chi connectivity index (χ2n) is 7.40. The molecule has 4 aromatic rings. The van der Waals surface area contributed by atoms with Crippen molar-refractivity contribution in [2.45, 2.75) is 13.3 Å². The molecule has 3 aromatic carbocycles. The fourth-order valence-electron chi connectivity index (χ4n) is 3.88. The Bertz CT molecular complexity index is 1210. The van der Waals surface area contributed by atoms with Crippen LogP contribution in [0.25, 0.3) is 21.8 Å². The molecule has 0 spiro atoms. The summed E-state index contributed by atoms with van der Waals surface area (Å²) in [5.74, 6) is -1.14. The largest absolute Gasteiger partial charge is 0.481 e. The van der Waals surface area contributed by atoms with Gasteiger partial charge in [0.05, 0.1) is 22.8 Å². The number of para-hydroxylation sites is 2. The molecule has 1 aromatic heterocycles. The first-order valence-corrected chi connectivity index (χ1v) is 9.87. The minimum Gasteiger partial charge on any atom is -0.481 e. The Hall–Kier alpha value is -3.73. The van der Waals surface area contributed by atoms with Gasteiger partial charge in [-0.25, -0.2) is 0 Å². The van der Waals surface area contributed by atoms with Gasteiger partial charge in [-0.15, -0.1) is 0 Å². The quantitative estimate of drug-likeness (QED) is 0.403. The van der Waals surface area contributed by atoms with Crippen LogP contribution in [-0.2, 0) is 11.8 Å². The van der Waals surface area contributed by atoms with E-state index in [0.29, 0.717) is 11.3 Å². The van der Waals surface area contributed by atoms with E-state index in [1.165, 1.54) is 0 Å². The number of aromatic nitrogens is 1. The molecule has 0 aliphatic heterocycles. The zero-order valence-corrected chi connectivity index (χ0v) is 17.0.